The molecule has 4 nitrogen and oxygen atoms in total. The summed E-state index contributed by atoms with van der Waals surface area (Å²) in [7, 11) is 0. The number of rotatable bonds is 5. The van der Waals surface area contributed by atoms with E-state index in [2.05, 4.69) is 20.9 Å². The SMILES string of the molecule is CCN=CC(C(=O)OCC)=C(O)c1cc(F)c(F)c(Br)c1F. The molecule has 0 atom stereocenters. The predicted octanol–water partition coefficient (Wildman–Crippen LogP) is 3.79. The van der Waals surface area contributed by atoms with E-state index in [1.165, 1.54) is 6.92 Å². The first-order valence-corrected chi connectivity index (χ1v) is 7.07. The zero-order valence-electron chi connectivity index (χ0n) is 11.8. The number of esters is 1. The number of aliphatic hydroxyl groups excluding tert-OH is 1. The number of carbonyl (C=O) groups is 1. The monoisotopic (exact) mass is 379 g/mol. The van der Waals surface area contributed by atoms with Crippen LogP contribution in [0.15, 0.2) is 21.1 Å². The maximum atomic E-state index is 14.0. The predicted molar refractivity (Wildman–Crippen MR) is 79.2 cm³/mol. The smallest absolute Gasteiger partial charge is 0.343 e. The zero-order valence-corrected chi connectivity index (χ0v) is 13.4. The lowest BCUT2D eigenvalue weighted by Gasteiger charge is -2.09. The minimum atomic E-state index is -1.44. The van der Waals surface area contributed by atoms with Crippen molar-refractivity contribution in [1.82, 2.24) is 0 Å². The number of aliphatic hydroxyl groups is 1. The molecule has 0 aliphatic heterocycles. The van der Waals surface area contributed by atoms with Crippen LogP contribution in [0.1, 0.15) is 19.4 Å². The van der Waals surface area contributed by atoms with Crippen LogP contribution in [0.4, 0.5) is 13.2 Å². The van der Waals surface area contributed by atoms with Crippen molar-refractivity contribution in [3.63, 3.8) is 0 Å². The summed E-state index contributed by atoms with van der Waals surface area (Å²) in [4.78, 5) is 15.5. The average Bonchev–Trinajstić information content (AvgIpc) is 2.49. The van der Waals surface area contributed by atoms with Gasteiger partial charge in [-0.3, -0.25) is 4.99 Å². The van der Waals surface area contributed by atoms with Crippen molar-refractivity contribution in [3.8, 4) is 0 Å². The Morgan fingerprint density at radius 1 is 1.36 bits per heavy atom. The molecule has 1 aromatic carbocycles. The van der Waals surface area contributed by atoms with Crippen molar-refractivity contribution in [2.24, 2.45) is 4.99 Å². The van der Waals surface area contributed by atoms with E-state index in [0.29, 0.717) is 12.6 Å². The van der Waals surface area contributed by atoms with Crippen LogP contribution < -0.4 is 0 Å². The number of hydrogen-bond donors (Lipinski definition) is 1. The molecular formula is C14H13BrF3NO3. The lowest BCUT2D eigenvalue weighted by molar-refractivity contribution is -0.137. The van der Waals surface area contributed by atoms with Crippen LogP contribution in [0.25, 0.3) is 5.76 Å². The van der Waals surface area contributed by atoms with Gasteiger partial charge in [-0.2, -0.15) is 0 Å². The number of hydrogen-bond acceptors (Lipinski definition) is 4. The van der Waals surface area contributed by atoms with Crippen LogP contribution in [0, 0.1) is 17.5 Å². The van der Waals surface area contributed by atoms with Gasteiger partial charge in [0, 0.05) is 12.8 Å². The second kappa shape index (κ2) is 7.98. The molecule has 0 unspecified atom stereocenters. The summed E-state index contributed by atoms with van der Waals surface area (Å²) >= 11 is 2.55. The van der Waals surface area contributed by atoms with Gasteiger partial charge in [0.2, 0.25) is 0 Å². The summed E-state index contributed by atoms with van der Waals surface area (Å²) in [6, 6.07) is 0.448. The first-order valence-electron chi connectivity index (χ1n) is 6.28. The molecular weight excluding hydrogens is 367 g/mol. The molecule has 0 amide bonds. The van der Waals surface area contributed by atoms with E-state index >= 15 is 0 Å². The molecule has 0 saturated carbocycles. The van der Waals surface area contributed by atoms with Crippen molar-refractivity contribution in [2.45, 2.75) is 13.8 Å². The van der Waals surface area contributed by atoms with E-state index in [1.54, 1.807) is 6.92 Å². The summed E-state index contributed by atoms with van der Waals surface area (Å²) in [6.45, 7) is 3.52. The number of halogens is 4. The molecule has 0 radical (unpaired) electrons. The fourth-order valence-corrected chi connectivity index (χ4v) is 1.90. The molecule has 120 valence electrons. The third-order valence-electron chi connectivity index (χ3n) is 2.51. The molecule has 22 heavy (non-hydrogen) atoms. The van der Waals surface area contributed by atoms with Gasteiger partial charge in [-0.15, -0.1) is 0 Å². The lowest BCUT2D eigenvalue weighted by Crippen LogP contribution is -2.12. The van der Waals surface area contributed by atoms with E-state index in [1.807, 2.05) is 0 Å². The minimum Gasteiger partial charge on any atom is -0.506 e. The summed E-state index contributed by atoms with van der Waals surface area (Å²) < 4.78 is 44.5. The maximum absolute atomic E-state index is 14.0. The summed E-state index contributed by atoms with van der Waals surface area (Å²) in [5.74, 6) is -5.92. The molecule has 0 aromatic heterocycles. The van der Waals surface area contributed by atoms with Crippen LogP contribution >= 0.6 is 15.9 Å². The quantitative estimate of drug-likeness (QED) is 0.211. The van der Waals surface area contributed by atoms with Crippen molar-refractivity contribution in [2.75, 3.05) is 13.2 Å². The van der Waals surface area contributed by atoms with Gasteiger partial charge in [-0.1, -0.05) is 0 Å². The molecule has 1 rings (SSSR count). The fourth-order valence-electron chi connectivity index (χ4n) is 1.49. The third-order valence-corrected chi connectivity index (χ3v) is 3.21. The second-order valence-electron chi connectivity index (χ2n) is 3.96. The number of benzene rings is 1. The van der Waals surface area contributed by atoms with Crippen molar-refractivity contribution in [1.29, 1.82) is 0 Å². The van der Waals surface area contributed by atoms with Gasteiger partial charge >= 0.3 is 5.97 Å². The maximum Gasteiger partial charge on any atom is 0.343 e. The average molecular weight is 380 g/mol. The largest absolute Gasteiger partial charge is 0.506 e. The highest BCUT2D eigenvalue weighted by molar-refractivity contribution is 9.10. The molecule has 0 spiro atoms. The Bertz CT molecular complexity index is 645. The van der Waals surface area contributed by atoms with Crippen LogP contribution in [-0.4, -0.2) is 30.4 Å². The molecule has 0 aliphatic carbocycles. The Hall–Kier alpha value is -1.83. The van der Waals surface area contributed by atoms with Crippen molar-refractivity contribution < 1.29 is 27.8 Å². The van der Waals surface area contributed by atoms with E-state index in [-0.39, 0.29) is 6.61 Å². The molecule has 0 bridgehead atoms. The first-order chi connectivity index (χ1) is 10.3. The third kappa shape index (κ3) is 3.88. The van der Waals surface area contributed by atoms with Crippen LogP contribution in [-0.2, 0) is 9.53 Å². The van der Waals surface area contributed by atoms with Crippen molar-refractivity contribution in [3.05, 3.63) is 39.1 Å². The summed E-state index contributed by atoms with van der Waals surface area (Å²) in [6.07, 6.45) is 0.988. The van der Waals surface area contributed by atoms with Crippen LogP contribution in [0.5, 0.6) is 0 Å². The van der Waals surface area contributed by atoms with Gasteiger partial charge in [0.15, 0.2) is 17.5 Å². The lowest BCUT2D eigenvalue weighted by atomic mass is 10.1. The number of aliphatic imine (C=N–C) groups is 1. The Labute approximate surface area is 133 Å². The van der Waals surface area contributed by atoms with E-state index < -0.39 is 44.8 Å². The van der Waals surface area contributed by atoms with Crippen molar-refractivity contribution >= 4 is 33.9 Å². The van der Waals surface area contributed by atoms with Gasteiger partial charge in [-0.05, 0) is 35.8 Å². The van der Waals surface area contributed by atoms with Gasteiger partial charge in [0.1, 0.15) is 11.3 Å². The molecule has 0 aliphatic rings. The number of carbonyl (C=O) groups excluding carboxylic acids is 1. The van der Waals surface area contributed by atoms with E-state index in [9.17, 15) is 23.1 Å². The fraction of sp³-hybridized carbons (Fsp3) is 0.286. The second-order valence-corrected chi connectivity index (χ2v) is 4.75. The minimum absolute atomic E-state index is 0.0134. The highest BCUT2D eigenvalue weighted by Gasteiger charge is 2.23. The van der Waals surface area contributed by atoms with E-state index in [4.69, 9.17) is 4.74 Å². The molecule has 8 heteroatoms. The van der Waals surface area contributed by atoms with Gasteiger partial charge in [-0.25, -0.2) is 18.0 Å². The molecule has 0 fully saturated rings. The number of ether oxygens (including phenoxy) is 1. The first kappa shape index (κ1) is 18.2. The highest BCUT2D eigenvalue weighted by atomic mass is 79.9. The standard InChI is InChI=1S/C14H13BrF3NO3/c1-3-19-6-8(14(21)22-4-2)13(20)7-5-9(16)12(18)10(15)11(7)17/h5-6,20H,3-4H2,1-2H3. The van der Waals surface area contributed by atoms with E-state index in [0.717, 1.165) is 6.21 Å². The molecule has 0 saturated heterocycles. The summed E-state index contributed by atoms with van der Waals surface area (Å²) in [5.41, 5.74) is -1.14. The molecule has 1 N–H and O–H groups in total. The number of nitrogens with zero attached hydrogens (tertiary/aromatic N) is 1. The zero-order chi connectivity index (χ0) is 16.9. The van der Waals surface area contributed by atoms with Crippen LogP contribution in [0.2, 0.25) is 0 Å². The molecule has 0 heterocycles. The van der Waals surface area contributed by atoms with Gasteiger partial charge in [0.25, 0.3) is 0 Å². The Kier molecular flexibility index (Phi) is 6.61. The Morgan fingerprint density at radius 3 is 2.55 bits per heavy atom. The molecule has 1 aromatic rings. The normalized spacial score (nSPS) is 12.5. The Balaban J connectivity index is 3.53. The van der Waals surface area contributed by atoms with Crippen LogP contribution in [0.3, 0.4) is 0 Å². The Morgan fingerprint density at radius 2 is 2.00 bits per heavy atom. The van der Waals surface area contributed by atoms with Gasteiger partial charge < -0.3 is 9.84 Å². The highest BCUT2D eigenvalue weighted by Crippen LogP contribution is 2.29. The summed E-state index contributed by atoms with van der Waals surface area (Å²) in [5, 5.41) is 10.1. The van der Waals surface area contributed by atoms with Gasteiger partial charge in [0.05, 0.1) is 16.6 Å². The topological polar surface area (TPSA) is 58.9 Å².